The Balaban J connectivity index is 2.56. The molecular formula is C8H7BO3. The SMILES string of the molecule is O=C(O)c1cccc2c1BOC2. The maximum atomic E-state index is 10.7. The van der Waals surface area contributed by atoms with Gasteiger partial charge in [-0.05, 0) is 17.1 Å². The van der Waals surface area contributed by atoms with Crippen molar-refractivity contribution >= 4 is 18.9 Å². The average molecular weight is 162 g/mol. The lowest BCUT2D eigenvalue weighted by Crippen LogP contribution is -2.21. The molecule has 0 atom stereocenters. The Morgan fingerprint density at radius 1 is 1.58 bits per heavy atom. The summed E-state index contributed by atoms with van der Waals surface area (Å²) in [5.74, 6) is -0.877. The minimum atomic E-state index is -0.877. The first-order valence-electron chi connectivity index (χ1n) is 3.71. The van der Waals surface area contributed by atoms with Gasteiger partial charge in [0.05, 0.1) is 12.2 Å². The van der Waals surface area contributed by atoms with Crippen molar-refractivity contribution in [2.24, 2.45) is 0 Å². The van der Waals surface area contributed by atoms with E-state index in [1.54, 1.807) is 12.1 Å². The molecule has 0 aliphatic carbocycles. The molecule has 0 saturated carbocycles. The van der Waals surface area contributed by atoms with Crippen molar-refractivity contribution in [3.63, 3.8) is 0 Å². The molecule has 0 unspecified atom stereocenters. The Morgan fingerprint density at radius 2 is 2.42 bits per heavy atom. The highest BCUT2D eigenvalue weighted by Gasteiger charge is 2.19. The summed E-state index contributed by atoms with van der Waals surface area (Å²) in [6, 6.07) is 5.25. The third-order valence-electron chi connectivity index (χ3n) is 2.01. The van der Waals surface area contributed by atoms with Crippen molar-refractivity contribution in [2.75, 3.05) is 0 Å². The second-order valence-corrected chi connectivity index (χ2v) is 2.74. The van der Waals surface area contributed by atoms with Crippen LogP contribution in [0.3, 0.4) is 0 Å². The number of aromatic carboxylic acids is 1. The highest BCUT2D eigenvalue weighted by atomic mass is 16.4. The second-order valence-electron chi connectivity index (χ2n) is 2.74. The lowest BCUT2D eigenvalue weighted by molar-refractivity contribution is 0.0698. The first-order chi connectivity index (χ1) is 5.79. The maximum Gasteiger partial charge on any atom is 0.335 e. The van der Waals surface area contributed by atoms with Crippen LogP contribution in [0.5, 0.6) is 0 Å². The van der Waals surface area contributed by atoms with Gasteiger partial charge in [-0.15, -0.1) is 0 Å². The zero-order valence-corrected chi connectivity index (χ0v) is 6.41. The van der Waals surface area contributed by atoms with E-state index >= 15 is 0 Å². The van der Waals surface area contributed by atoms with E-state index in [-0.39, 0.29) is 0 Å². The monoisotopic (exact) mass is 162 g/mol. The van der Waals surface area contributed by atoms with Gasteiger partial charge < -0.3 is 9.76 Å². The predicted molar refractivity (Wildman–Crippen MR) is 45.0 cm³/mol. The van der Waals surface area contributed by atoms with Crippen LogP contribution in [0.25, 0.3) is 0 Å². The molecule has 0 aromatic heterocycles. The normalized spacial score (nSPS) is 13.7. The summed E-state index contributed by atoms with van der Waals surface area (Å²) in [6.45, 7) is 0.538. The number of carboxylic acids is 1. The van der Waals surface area contributed by atoms with E-state index in [0.717, 1.165) is 11.0 Å². The Hall–Kier alpha value is -1.29. The van der Waals surface area contributed by atoms with Gasteiger partial charge in [-0.2, -0.15) is 0 Å². The third kappa shape index (κ3) is 1.01. The molecule has 0 amide bonds. The lowest BCUT2D eigenvalue weighted by atomic mass is 9.83. The summed E-state index contributed by atoms with van der Waals surface area (Å²) < 4.78 is 5.14. The largest absolute Gasteiger partial charge is 0.478 e. The van der Waals surface area contributed by atoms with Gasteiger partial charge in [0.15, 0.2) is 0 Å². The first-order valence-corrected chi connectivity index (χ1v) is 3.71. The molecule has 1 aromatic rings. The lowest BCUT2D eigenvalue weighted by Gasteiger charge is -2.00. The summed E-state index contributed by atoms with van der Waals surface area (Å²) in [6.07, 6.45) is 0. The number of hydrogen-bond acceptors (Lipinski definition) is 2. The number of carbonyl (C=O) groups is 1. The zero-order valence-electron chi connectivity index (χ0n) is 6.41. The molecule has 1 aliphatic rings. The van der Waals surface area contributed by atoms with Crippen LogP contribution >= 0.6 is 0 Å². The molecule has 0 saturated heterocycles. The number of carboxylic acid groups (broad SMARTS) is 1. The van der Waals surface area contributed by atoms with Crippen molar-refractivity contribution in [2.45, 2.75) is 6.61 Å². The molecule has 0 spiro atoms. The summed E-state index contributed by atoms with van der Waals surface area (Å²) in [5.41, 5.74) is 2.19. The molecule has 4 heteroatoms. The zero-order chi connectivity index (χ0) is 8.55. The molecule has 1 heterocycles. The minimum Gasteiger partial charge on any atom is -0.478 e. The van der Waals surface area contributed by atoms with Gasteiger partial charge in [-0.3, -0.25) is 0 Å². The van der Waals surface area contributed by atoms with E-state index in [4.69, 9.17) is 9.76 Å². The van der Waals surface area contributed by atoms with Gasteiger partial charge >= 0.3 is 13.5 Å². The van der Waals surface area contributed by atoms with Gasteiger partial charge in [0.2, 0.25) is 0 Å². The van der Waals surface area contributed by atoms with Crippen LogP contribution < -0.4 is 5.46 Å². The van der Waals surface area contributed by atoms with E-state index in [2.05, 4.69) is 0 Å². The highest BCUT2D eigenvalue weighted by molar-refractivity contribution is 6.51. The van der Waals surface area contributed by atoms with E-state index in [1.165, 1.54) is 0 Å². The Labute approximate surface area is 70.2 Å². The molecule has 3 nitrogen and oxygen atoms in total. The van der Waals surface area contributed by atoms with Crippen LogP contribution in [0.15, 0.2) is 18.2 Å². The summed E-state index contributed by atoms with van der Waals surface area (Å²) in [5, 5.41) is 8.79. The standard InChI is InChI=1S/C8H7BO3/c10-8(11)6-3-1-2-5-4-12-9-7(5)6/h1-3,9H,4H2,(H,10,11). The fraction of sp³-hybridized carbons (Fsp3) is 0.125. The minimum absolute atomic E-state index is 0.366. The molecule has 1 aromatic carbocycles. The van der Waals surface area contributed by atoms with Crippen LogP contribution in [0.4, 0.5) is 0 Å². The average Bonchev–Trinajstić information content (AvgIpc) is 2.49. The van der Waals surface area contributed by atoms with E-state index in [0.29, 0.717) is 19.7 Å². The van der Waals surface area contributed by atoms with Crippen molar-refractivity contribution in [1.82, 2.24) is 0 Å². The van der Waals surface area contributed by atoms with Crippen LogP contribution in [0.1, 0.15) is 15.9 Å². The molecule has 0 fully saturated rings. The Bertz CT molecular complexity index is 335. The number of benzene rings is 1. The highest BCUT2D eigenvalue weighted by Crippen LogP contribution is 2.08. The van der Waals surface area contributed by atoms with E-state index < -0.39 is 5.97 Å². The molecule has 1 N–H and O–H groups in total. The van der Waals surface area contributed by atoms with Gasteiger partial charge in [-0.25, -0.2) is 4.79 Å². The van der Waals surface area contributed by atoms with Crippen LogP contribution in [-0.2, 0) is 11.3 Å². The third-order valence-corrected chi connectivity index (χ3v) is 2.01. The molecule has 12 heavy (non-hydrogen) atoms. The number of fused-ring (bicyclic) bond motifs is 1. The van der Waals surface area contributed by atoms with Crippen LogP contribution in [0, 0.1) is 0 Å². The fourth-order valence-corrected chi connectivity index (χ4v) is 1.40. The predicted octanol–water partition coefficient (Wildman–Crippen LogP) is -0.108. The van der Waals surface area contributed by atoms with Crippen molar-refractivity contribution in [1.29, 1.82) is 0 Å². The van der Waals surface area contributed by atoms with Gasteiger partial charge in [0, 0.05) is 0 Å². The van der Waals surface area contributed by atoms with Gasteiger partial charge in [0.1, 0.15) is 0 Å². The molecule has 1 aliphatic heterocycles. The maximum absolute atomic E-state index is 10.7. The van der Waals surface area contributed by atoms with E-state index in [1.807, 2.05) is 6.07 Å². The molecule has 0 bridgehead atoms. The summed E-state index contributed by atoms with van der Waals surface area (Å²) in [7, 11) is 0.428. The van der Waals surface area contributed by atoms with Gasteiger partial charge in [-0.1, -0.05) is 12.1 Å². The van der Waals surface area contributed by atoms with Crippen LogP contribution in [-0.4, -0.2) is 18.6 Å². The number of rotatable bonds is 1. The van der Waals surface area contributed by atoms with Crippen LogP contribution in [0.2, 0.25) is 0 Å². The summed E-state index contributed by atoms with van der Waals surface area (Å²) in [4.78, 5) is 10.7. The molecule has 2 rings (SSSR count). The van der Waals surface area contributed by atoms with Gasteiger partial charge in [0.25, 0.3) is 0 Å². The van der Waals surface area contributed by atoms with Crippen molar-refractivity contribution in [3.8, 4) is 0 Å². The van der Waals surface area contributed by atoms with Crippen molar-refractivity contribution in [3.05, 3.63) is 29.3 Å². The molecular weight excluding hydrogens is 155 g/mol. The summed E-state index contributed by atoms with van der Waals surface area (Å²) >= 11 is 0. The second kappa shape index (κ2) is 2.64. The van der Waals surface area contributed by atoms with E-state index in [9.17, 15) is 4.79 Å². The Kier molecular flexibility index (Phi) is 1.62. The molecule has 0 radical (unpaired) electrons. The molecule has 60 valence electrons. The Morgan fingerprint density at radius 3 is 3.17 bits per heavy atom. The fourth-order valence-electron chi connectivity index (χ4n) is 1.40. The topological polar surface area (TPSA) is 46.5 Å². The number of hydrogen-bond donors (Lipinski definition) is 1. The smallest absolute Gasteiger partial charge is 0.335 e. The first kappa shape index (κ1) is 7.37. The van der Waals surface area contributed by atoms with Crippen molar-refractivity contribution < 1.29 is 14.6 Å². The quantitative estimate of drug-likeness (QED) is 0.586.